The highest BCUT2D eigenvalue weighted by atomic mass is 16.5. The number of hydrogen-bond acceptors (Lipinski definition) is 2. The highest BCUT2D eigenvalue weighted by Gasteiger charge is 2.18. The third kappa shape index (κ3) is 4.67. The van der Waals surface area contributed by atoms with Gasteiger partial charge in [0.05, 0.1) is 12.5 Å². The monoisotopic (exact) mass is 481 g/mol. The van der Waals surface area contributed by atoms with E-state index in [-0.39, 0.29) is 0 Å². The van der Waals surface area contributed by atoms with E-state index in [0.29, 0.717) is 0 Å². The van der Waals surface area contributed by atoms with Crippen molar-refractivity contribution in [2.75, 3.05) is 7.11 Å². The zero-order valence-electron chi connectivity index (χ0n) is 20.4. The molecule has 0 spiro atoms. The summed E-state index contributed by atoms with van der Waals surface area (Å²) in [5.41, 5.74) is 7.33. The van der Waals surface area contributed by atoms with Crippen molar-refractivity contribution in [3.63, 3.8) is 0 Å². The van der Waals surface area contributed by atoms with Crippen molar-refractivity contribution in [1.82, 2.24) is 0 Å². The number of benzene rings is 4. The lowest BCUT2D eigenvalue weighted by Crippen LogP contribution is -2.03. The first-order chi connectivity index (χ1) is 18.3. The van der Waals surface area contributed by atoms with Crippen molar-refractivity contribution in [2.45, 2.75) is 0 Å². The summed E-state index contributed by atoms with van der Waals surface area (Å²) < 4.78 is 17.5. The Bertz CT molecular complexity index is 1650. The molecule has 3 nitrogen and oxygen atoms in total. The van der Waals surface area contributed by atoms with Gasteiger partial charge in [-0.3, -0.25) is 0 Å². The predicted molar refractivity (Wildman–Crippen MR) is 150 cm³/mol. The lowest BCUT2D eigenvalue weighted by Gasteiger charge is -2.20. The number of para-hydroxylation sites is 2. The van der Waals surface area contributed by atoms with Crippen LogP contribution in [-0.4, -0.2) is 7.11 Å². The number of fused-ring (bicyclic) bond motifs is 2. The van der Waals surface area contributed by atoms with Gasteiger partial charge in [-0.1, -0.05) is 72.8 Å². The number of ether oxygens (including phenoxy) is 2. The maximum Gasteiger partial charge on any atom is 0.360 e. The van der Waals surface area contributed by atoms with Crippen LogP contribution in [0, 0.1) is 0 Å². The topological polar surface area (TPSA) is 29.8 Å². The molecule has 0 saturated heterocycles. The van der Waals surface area contributed by atoms with E-state index in [4.69, 9.17) is 13.9 Å². The molecule has 0 radical (unpaired) electrons. The van der Waals surface area contributed by atoms with Crippen LogP contribution in [0.3, 0.4) is 0 Å². The Labute approximate surface area is 216 Å². The molecule has 0 fully saturated rings. The summed E-state index contributed by atoms with van der Waals surface area (Å²) in [5, 5.41) is 1.06. The summed E-state index contributed by atoms with van der Waals surface area (Å²) in [6.45, 7) is 0. The van der Waals surface area contributed by atoms with Crippen molar-refractivity contribution in [3.05, 3.63) is 156 Å². The average molecular weight is 482 g/mol. The number of methoxy groups -OCH3 is 1. The Morgan fingerprint density at radius 3 is 2.32 bits per heavy atom. The van der Waals surface area contributed by atoms with E-state index in [0.717, 1.165) is 61.6 Å². The van der Waals surface area contributed by atoms with Gasteiger partial charge < -0.3 is 9.47 Å². The van der Waals surface area contributed by atoms with Crippen LogP contribution in [0.2, 0.25) is 0 Å². The van der Waals surface area contributed by atoms with Crippen LogP contribution in [0.15, 0.2) is 138 Å². The summed E-state index contributed by atoms with van der Waals surface area (Å²) in [5.74, 6) is 2.42. The van der Waals surface area contributed by atoms with Crippen molar-refractivity contribution in [1.29, 1.82) is 0 Å². The highest BCUT2D eigenvalue weighted by Crippen LogP contribution is 2.37. The van der Waals surface area contributed by atoms with Crippen LogP contribution < -0.4 is 9.47 Å². The molecule has 0 atom stereocenters. The second kappa shape index (κ2) is 10.00. The standard InChI is InChI=1S/C34H25O3/c1-35-28-17-15-25(16-18-28)32(24-9-3-2-4-10-24)23-29-22-27(31-12-6-8-14-34(31)37-29)21-26-19-20-36-33-13-7-5-11-30(26)33/h2-23H,1H3/q+1. The minimum Gasteiger partial charge on any atom is -0.497 e. The van der Waals surface area contributed by atoms with E-state index >= 15 is 0 Å². The highest BCUT2D eigenvalue weighted by molar-refractivity contribution is 5.97. The molecule has 3 heteroatoms. The molecule has 4 aromatic carbocycles. The first-order valence-electron chi connectivity index (χ1n) is 12.2. The molecule has 1 aromatic heterocycles. The Balaban J connectivity index is 1.50. The molecule has 0 unspecified atom stereocenters. The van der Waals surface area contributed by atoms with Gasteiger partial charge in [-0.2, -0.15) is 0 Å². The van der Waals surface area contributed by atoms with Crippen molar-refractivity contribution < 1.29 is 13.9 Å². The summed E-state index contributed by atoms with van der Waals surface area (Å²) in [4.78, 5) is 0. The molecule has 0 saturated carbocycles. The summed E-state index contributed by atoms with van der Waals surface area (Å²) in [6, 6.07) is 36.7. The summed E-state index contributed by atoms with van der Waals surface area (Å²) in [7, 11) is 1.68. The molecule has 178 valence electrons. The fourth-order valence-corrected chi connectivity index (χ4v) is 4.61. The quantitative estimate of drug-likeness (QED) is 0.235. The van der Waals surface area contributed by atoms with Gasteiger partial charge in [-0.15, -0.1) is 0 Å². The Hall–Kier alpha value is -4.89. The van der Waals surface area contributed by atoms with E-state index in [1.54, 1.807) is 13.4 Å². The maximum absolute atomic E-state index is 6.41. The molecule has 0 amide bonds. The minimum absolute atomic E-state index is 0.768. The zero-order valence-corrected chi connectivity index (χ0v) is 20.4. The molecule has 0 bridgehead atoms. The van der Waals surface area contributed by atoms with Crippen molar-refractivity contribution >= 4 is 28.2 Å². The number of rotatable bonds is 5. The smallest absolute Gasteiger partial charge is 0.360 e. The van der Waals surface area contributed by atoms with Crippen LogP contribution >= 0.6 is 0 Å². The largest absolute Gasteiger partial charge is 0.497 e. The van der Waals surface area contributed by atoms with Crippen LogP contribution in [0.5, 0.6) is 11.5 Å². The third-order valence-corrected chi connectivity index (χ3v) is 6.45. The molecule has 5 aromatic rings. The van der Waals surface area contributed by atoms with Gasteiger partial charge in [0, 0.05) is 23.3 Å². The maximum atomic E-state index is 6.41. The SMILES string of the molecule is COc1ccc(C(=CC2=CC(=Cc3cc[o+]c4ccccc34)c3ccccc3O2)c2ccccc2)cc1. The van der Waals surface area contributed by atoms with Gasteiger partial charge in [0.2, 0.25) is 0 Å². The Morgan fingerprint density at radius 2 is 1.49 bits per heavy atom. The van der Waals surface area contributed by atoms with Crippen LogP contribution in [0.4, 0.5) is 0 Å². The third-order valence-electron chi connectivity index (χ3n) is 6.45. The fourth-order valence-electron chi connectivity index (χ4n) is 4.61. The molecule has 2 heterocycles. The first-order valence-corrected chi connectivity index (χ1v) is 12.2. The van der Waals surface area contributed by atoms with Crippen LogP contribution in [-0.2, 0) is 0 Å². The predicted octanol–water partition coefficient (Wildman–Crippen LogP) is 8.67. The van der Waals surface area contributed by atoms with E-state index in [9.17, 15) is 0 Å². The van der Waals surface area contributed by atoms with Gasteiger partial charge in [-0.05, 0) is 64.8 Å². The normalized spacial score (nSPS) is 14.1. The van der Waals surface area contributed by atoms with E-state index in [2.05, 4.69) is 66.8 Å². The Morgan fingerprint density at radius 1 is 0.757 bits per heavy atom. The van der Waals surface area contributed by atoms with Gasteiger partial charge in [0.15, 0.2) is 0 Å². The van der Waals surface area contributed by atoms with Crippen LogP contribution in [0.25, 0.3) is 28.2 Å². The number of hydrogen-bond donors (Lipinski definition) is 0. The van der Waals surface area contributed by atoms with Crippen LogP contribution in [0.1, 0.15) is 22.3 Å². The van der Waals surface area contributed by atoms with Gasteiger partial charge in [0.25, 0.3) is 0 Å². The average Bonchev–Trinajstić information content (AvgIpc) is 2.97. The summed E-state index contributed by atoms with van der Waals surface area (Å²) in [6.07, 6.45) is 8.15. The molecular formula is C34H25O3+. The first kappa shape index (κ1) is 22.6. The lowest BCUT2D eigenvalue weighted by molar-refractivity contribution is 0.415. The van der Waals surface area contributed by atoms with Crippen molar-refractivity contribution in [3.8, 4) is 11.5 Å². The van der Waals surface area contributed by atoms with Gasteiger partial charge >= 0.3 is 11.8 Å². The second-order valence-corrected chi connectivity index (χ2v) is 8.77. The lowest BCUT2D eigenvalue weighted by atomic mass is 9.94. The van der Waals surface area contributed by atoms with Gasteiger partial charge in [0.1, 0.15) is 17.3 Å². The fraction of sp³-hybridized carbons (Fsp3) is 0.0294. The van der Waals surface area contributed by atoms with Gasteiger partial charge in [-0.25, -0.2) is 4.42 Å². The Kier molecular flexibility index (Phi) is 6.10. The molecule has 6 rings (SSSR count). The molecule has 1 aliphatic heterocycles. The molecule has 1 aliphatic rings. The minimum atomic E-state index is 0.768. The molecule has 37 heavy (non-hydrogen) atoms. The van der Waals surface area contributed by atoms with Crippen molar-refractivity contribution in [2.24, 2.45) is 0 Å². The number of allylic oxidation sites excluding steroid dienone is 3. The molecule has 0 aliphatic carbocycles. The van der Waals surface area contributed by atoms with E-state index < -0.39 is 0 Å². The molecule has 0 N–H and O–H groups in total. The summed E-state index contributed by atoms with van der Waals surface area (Å²) >= 11 is 0. The zero-order chi connectivity index (χ0) is 25.0. The van der Waals surface area contributed by atoms with E-state index in [1.807, 2.05) is 60.7 Å². The second-order valence-electron chi connectivity index (χ2n) is 8.77. The van der Waals surface area contributed by atoms with E-state index in [1.165, 1.54) is 0 Å². The molecular weight excluding hydrogens is 456 g/mol.